The van der Waals surface area contributed by atoms with E-state index in [1.165, 1.54) is 0 Å². The molecular weight excluding hydrogens is 228 g/mol. The molecule has 0 radical (unpaired) electrons. The second-order valence-electron chi connectivity index (χ2n) is 6.40. The maximum Gasteiger partial charge on any atom is 0.223 e. The van der Waals surface area contributed by atoms with E-state index in [2.05, 4.69) is 33.8 Å². The summed E-state index contributed by atoms with van der Waals surface area (Å²) >= 11 is 0. The molecule has 18 heavy (non-hydrogen) atoms. The smallest absolute Gasteiger partial charge is 0.223 e. The van der Waals surface area contributed by atoms with E-state index in [1.807, 2.05) is 0 Å². The molecule has 1 aliphatic rings. The van der Waals surface area contributed by atoms with Crippen molar-refractivity contribution in [3.8, 4) is 6.07 Å². The summed E-state index contributed by atoms with van der Waals surface area (Å²) in [4.78, 5) is 13.9. The molecule has 1 rings (SSSR count). The van der Waals surface area contributed by atoms with E-state index in [1.54, 1.807) is 4.90 Å². The molecule has 2 unspecified atom stereocenters. The van der Waals surface area contributed by atoms with Gasteiger partial charge in [-0.05, 0) is 17.8 Å². The number of nitriles is 1. The summed E-state index contributed by atoms with van der Waals surface area (Å²) in [5, 5.41) is 8.81. The molecule has 1 fully saturated rings. The monoisotopic (exact) mass is 252 g/mol. The van der Waals surface area contributed by atoms with E-state index in [-0.39, 0.29) is 11.3 Å². The molecule has 1 aliphatic heterocycles. The van der Waals surface area contributed by atoms with Gasteiger partial charge in [-0.25, -0.2) is 0 Å². The second kappa shape index (κ2) is 6.19. The van der Waals surface area contributed by atoms with E-state index < -0.39 is 6.10 Å². The Kier molecular flexibility index (Phi) is 5.15. The van der Waals surface area contributed by atoms with E-state index in [0.29, 0.717) is 32.0 Å². The van der Waals surface area contributed by atoms with E-state index in [9.17, 15) is 4.79 Å². The third kappa shape index (κ3) is 5.05. The van der Waals surface area contributed by atoms with Crippen LogP contribution in [0.25, 0.3) is 0 Å². The second-order valence-corrected chi connectivity index (χ2v) is 6.40. The highest BCUT2D eigenvalue weighted by Gasteiger charge is 2.26. The summed E-state index contributed by atoms with van der Waals surface area (Å²) in [6, 6.07) is 2.06. The lowest BCUT2D eigenvalue weighted by molar-refractivity contribution is -0.138. The molecule has 2 atom stereocenters. The molecule has 1 amide bonds. The molecule has 4 nitrogen and oxygen atoms in total. The van der Waals surface area contributed by atoms with Gasteiger partial charge in [-0.3, -0.25) is 4.79 Å². The predicted molar refractivity (Wildman–Crippen MR) is 69.8 cm³/mol. The van der Waals surface area contributed by atoms with Crippen molar-refractivity contribution in [3.63, 3.8) is 0 Å². The van der Waals surface area contributed by atoms with Crippen molar-refractivity contribution in [2.45, 2.75) is 46.6 Å². The highest BCUT2D eigenvalue weighted by molar-refractivity contribution is 5.76. The Hall–Kier alpha value is -1.08. The number of rotatable bonds is 3. The third-order valence-corrected chi connectivity index (χ3v) is 3.05. The number of amides is 1. The van der Waals surface area contributed by atoms with Crippen molar-refractivity contribution in [1.29, 1.82) is 5.26 Å². The number of hydrogen-bond donors (Lipinski definition) is 0. The Labute approximate surface area is 110 Å². The zero-order valence-electron chi connectivity index (χ0n) is 11.9. The van der Waals surface area contributed by atoms with Gasteiger partial charge in [-0.1, -0.05) is 27.7 Å². The largest absolute Gasteiger partial charge is 0.360 e. The van der Waals surface area contributed by atoms with Crippen LogP contribution < -0.4 is 0 Å². The minimum atomic E-state index is -0.458. The number of carbonyl (C=O) groups excluding carboxylic acids is 1. The number of ether oxygens (including phenoxy) is 1. The lowest BCUT2D eigenvalue weighted by Gasteiger charge is -2.31. The summed E-state index contributed by atoms with van der Waals surface area (Å²) in [7, 11) is 0. The van der Waals surface area contributed by atoms with E-state index >= 15 is 0 Å². The molecular formula is C14H24N2O2. The Morgan fingerprint density at radius 3 is 2.78 bits per heavy atom. The topological polar surface area (TPSA) is 53.3 Å². The van der Waals surface area contributed by atoms with Gasteiger partial charge in [-0.2, -0.15) is 5.26 Å². The van der Waals surface area contributed by atoms with Crippen LogP contribution in [0.1, 0.15) is 40.5 Å². The van der Waals surface area contributed by atoms with E-state index in [4.69, 9.17) is 10.00 Å². The van der Waals surface area contributed by atoms with Crippen molar-refractivity contribution < 1.29 is 9.53 Å². The maximum atomic E-state index is 12.1. The predicted octanol–water partition coefficient (Wildman–Crippen LogP) is 2.20. The first-order chi connectivity index (χ1) is 8.31. The van der Waals surface area contributed by atoms with Crippen LogP contribution in [-0.4, -0.2) is 36.6 Å². The van der Waals surface area contributed by atoms with Crippen LogP contribution in [0.4, 0.5) is 0 Å². The molecule has 0 aromatic carbocycles. The lowest BCUT2D eigenvalue weighted by Crippen LogP contribution is -2.45. The molecule has 0 aromatic heterocycles. The summed E-state index contributed by atoms with van der Waals surface area (Å²) in [6.45, 7) is 10.2. The fraction of sp³-hybridized carbons (Fsp3) is 0.857. The van der Waals surface area contributed by atoms with Gasteiger partial charge in [0.05, 0.1) is 19.2 Å². The first-order valence-corrected chi connectivity index (χ1v) is 6.61. The van der Waals surface area contributed by atoms with Gasteiger partial charge in [0, 0.05) is 13.0 Å². The minimum Gasteiger partial charge on any atom is -0.360 e. The Bertz CT molecular complexity index is 328. The molecule has 0 N–H and O–H groups in total. The first-order valence-electron chi connectivity index (χ1n) is 6.61. The number of hydrogen-bond acceptors (Lipinski definition) is 3. The van der Waals surface area contributed by atoms with Crippen molar-refractivity contribution in [1.82, 2.24) is 4.90 Å². The van der Waals surface area contributed by atoms with Crippen molar-refractivity contribution in [3.05, 3.63) is 0 Å². The fourth-order valence-electron chi connectivity index (χ4n) is 2.50. The number of morpholine rings is 1. The quantitative estimate of drug-likeness (QED) is 0.773. The van der Waals surface area contributed by atoms with Gasteiger partial charge in [0.2, 0.25) is 5.91 Å². The van der Waals surface area contributed by atoms with Crippen molar-refractivity contribution in [2.24, 2.45) is 11.3 Å². The van der Waals surface area contributed by atoms with Crippen LogP contribution in [0.3, 0.4) is 0 Å². The van der Waals surface area contributed by atoms with Gasteiger partial charge < -0.3 is 9.64 Å². The SMILES string of the molecule is CC(CC(=O)N1CCOC(C#N)C1)CC(C)(C)C. The van der Waals surface area contributed by atoms with Crippen molar-refractivity contribution >= 4 is 5.91 Å². The number of carbonyl (C=O) groups is 1. The van der Waals surface area contributed by atoms with Crippen LogP contribution in [0.2, 0.25) is 0 Å². The lowest BCUT2D eigenvalue weighted by atomic mass is 9.84. The van der Waals surface area contributed by atoms with Crippen LogP contribution in [0.5, 0.6) is 0 Å². The fourth-order valence-corrected chi connectivity index (χ4v) is 2.50. The highest BCUT2D eigenvalue weighted by atomic mass is 16.5. The summed E-state index contributed by atoms with van der Waals surface area (Å²) < 4.78 is 5.24. The van der Waals surface area contributed by atoms with Crippen LogP contribution in [0, 0.1) is 22.7 Å². The molecule has 0 aliphatic carbocycles. The van der Waals surface area contributed by atoms with Crippen LogP contribution >= 0.6 is 0 Å². The molecule has 4 heteroatoms. The first kappa shape index (κ1) is 15.0. The molecule has 0 saturated carbocycles. The standard InChI is InChI=1S/C14H24N2O2/c1-11(8-14(2,3)4)7-13(17)16-5-6-18-12(9-15)10-16/h11-12H,5-8,10H2,1-4H3. The van der Waals surface area contributed by atoms with E-state index in [0.717, 1.165) is 6.42 Å². The van der Waals surface area contributed by atoms with Gasteiger partial charge in [0.25, 0.3) is 0 Å². The minimum absolute atomic E-state index is 0.148. The Balaban J connectivity index is 2.43. The van der Waals surface area contributed by atoms with Crippen LogP contribution in [0.15, 0.2) is 0 Å². The summed E-state index contributed by atoms with van der Waals surface area (Å²) in [5.74, 6) is 0.524. The van der Waals surface area contributed by atoms with Gasteiger partial charge >= 0.3 is 0 Å². The molecule has 0 bridgehead atoms. The van der Waals surface area contributed by atoms with Crippen molar-refractivity contribution in [2.75, 3.05) is 19.7 Å². The van der Waals surface area contributed by atoms with Gasteiger partial charge in [0.15, 0.2) is 6.10 Å². The molecule has 0 spiro atoms. The Morgan fingerprint density at radius 2 is 2.22 bits per heavy atom. The zero-order chi connectivity index (χ0) is 13.8. The normalized spacial score (nSPS) is 22.4. The maximum absolute atomic E-state index is 12.1. The molecule has 0 aromatic rings. The average Bonchev–Trinajstić information content (AvgIpc) is 2.26. The van der Waals surface area contributed by atoms with Crippen LogP contribution in [-0.2, 0) is 9.53 Å². The van der Waals surface area contributed by atoms with Gasteiger partial charge in [-0.15, -0.1) is 0 Å². The molecule has 1 heterocycles. The zero-order valence-corrected chi connectivity index (χ0v) is 11.9. The molecule has 1 saturated heterocycles. The average molecular weight is 252 g/mol. The van der Waals surface area contributed by atoms with Gasteiger partial charge in [0.1, 0.15) is 0 Å². The summed E-state index contributed by atoms with van der Waals surface area (Å²) in [6.07, 6.45) is 1.14. The number of nitrogens with zero attached hydrogens (tertiary/aromatic N) is 2. The Morgan fingerprint density at radius 1 is 1.56 bits per heavy atom. The molecule has 102 valence electrons. The highest BCUT2D eigenvalue weighted by Crippen LogP contribution is 2.26. The third-order valence-electron chi connectivity index (χ3n) is 3.05. The summed E-state index contributed by atoms with van der Waals surface area (Å²) in [5.41, 5.74) is 0.250.